The number of halogens is 1. The van der Waals surface area contributed by atoms with Crippen molar-refractivity contribution in [3.8, 4) is 11.4 Å². The molecule has 0 aliphatic heterocycles. The second-order valence-electron chi connectivity index (χ2n) is 5.58. The molecule has 1 N–H and O–H groups in total. The molecule has 0 bridgehead atoms. The molecule has 25 heavy (non-hydrogen) atoms. The summed E-state index contributed by atoms with van der Waals surface area (Å²) in [4.78, 5) is 12.1. The average molecular weight is 373 g/mol. The molecule has 0 fully saturated rings. The minimum atomic E-state index is -0.118. The molecule has 1 heterocycles. The van der Waals surface area contributed by atoms with Crippen LogP contribution in [0.1, 0.15) is 5.56 Å². The van der Waals surface area contributed by atoms with Gasteiger partial charge in [0.25, 0.3) is 0 Å². The van der Waals surface area contributed by atoms with Crippen molar-refractivity contribution in [1.82, 2.24) is 14.8 Å². The third kappa shape index (κ3) is 4.41. The van der Waals surface area contributed by atoms with Crippen molar-refractivity contribution in [2.75, 3.05) is 11.1 Å². The van der Waals surface area contributed by atoms with Crippen molar-refractivity contribution in [3.05, 3.63) is 59.1 Å². The summed E-state index contributed by atoms with van der Waals surface area (Å²) in [6.45, 7) is 2.04. The predicted molar refractivity (Wildman–Crippen MR) is 102 cm³/mol. The number of nitrogens with one attached hydrogen (secondary N) is 1. The van der Waals surface area contributed by atoms with Crippen LogP contribution in [0, 0.1) is 6.92 Å². The highest BCUT2D eigenvalue weighted by molar-refractivity contribution is 7.99. The van der Waals surface area contributed by atoms with Crippen LogP contribution in [0.2, 0.25) is 5.02 Å². The SMILES string of the molecule is Cc1ccc(-c2nnc(SCC(=O)Nc3cccc(Cl)c3)n2C)cc1. The van der Waals surface area contributed by atoms with Crippen LogP contribution in [0.25, 0.3) is 11.4 Å². The lowest BCUT2D eigenvalue weighted by atomic mass is 10.1. The maximum absolute atomic E-state index is 12.1. The number of benzene rings is 2. The van der Waals surface area contributed by atoms with Gasteiger partial charge >= 0.3 is 0 Å². The molecule has 0 aliphatic rings. The fraction of sp³-hybridized carbons (Fsp3) is 0.167. The molecule has 0 radical (unpaired) electrons. The molecule has 3 aromatic rings. The summed E-state index contributed by atoms with van der Waals surface area (Å²) in [5, 5.41) is 12.5. The third-order valence-corrected chi connectivity index (χ3v) is 4.84. The Labute approximate surface area is 155 Å². The van der Waals surface area contributed by atoms with Crippen LogP contribution in [0.5, 0.6) is 0 Å². The van der Waals surface area contributed by atoms with Crippen LogP contribution in [0.15, 0.2) is 53.7 Å². The Kier molecular flexibility index (Phi) is 5.40. The molecule has 0 saturated heterocycles. The van der Waals surface area contributed by atoms with E-state index in [0.29, 0.717) is 15.9 Å². The molecule has 3 rings (SSSR count). The van der Waals surface area contributed by atoms with Crippen molar-refractivity contribution in [2.45, 2.75) is 12.1 Å². The normalized spacial score (nSPS) is 10.7. The van der Waals surface area contributed by atoms with Crippen molar-refractivity contribution >= 4 is 35.0 Å². The summed E-state index contributed by atoms with van der Waals surface area (Å²) < 4.78 is 1.89. The van der Waals surface area contributed by atoms with Crippen LogP contribution in [-0.2, 0) is 11.8 Å². The Morgan fingerprint density at radius 2 is 1.96 bits per heavy atom. The number of thioether (sulfide) groups is 1. The first kappa shape index (κ1) is 17.5. The van der Waals surface area contributed by atoms with Crippen LogP contribution in [-0.4, -0.2) is 26.4 Å². The Balaban J connectivity index is 1.64. The molecule has 0 atom stereocenters. The fourth-order valence-electron chi connectivity index (χ4n) is 2.29. The lowest BCUT2D eigenvalue weighted by molar-refractivity contribution is -0.113. The van der Waals surface area contributed by atoms with E-state index in [1.54, 1.807) is 24.3 Å². The molecule has 2 aromatic carbocycles. The standard InChI is InChI=1S/C18H17ClN4OS/c1-12-6-8-13(9-7-12)17-21-22-18(23(17)2)25-11-16(24)20-15-5-3-4-14(19)10-15/h3-10H,11H2,1-2H3,(H,20,24). The third-order valence-electron chi connectivity index (χ3n) is 3.59. The number of aryl methyl sites for hydroxylation is 1. The molecule has 0 unspecified atom stereocenters. The Hall–Kier alpha value is -2.31. The molecule has 1 aromatic heterocycles. The van der Waals surface area contributed by atoms with Crippen molar-refractivity contribution in [1.29, 1.82) is 0 Å². The zero-order valence-electron chi connectivity index (χ0n) is 13.9. The molecule has 5 nitrogen and oxygen atoms in total. The Bertz CT molecular complexity index is 892. The number of hydrogen-bond donors (Lipinski definition) is 1. The first-order chi connectivity index (χ1) is 12.0. The smallest absolute Gasteiger partial charge is 0.234 e. The summed E-state index contributed by atoms with van der Waals surface area (Å²) in [5.41, 5.74) is 2.87. The van der Waals surface area contributed by atoms with E-state index in [2.05, 4.69) is 15.5 Å². The van der Waals surface area contributed by atoms with E-state index in [-0.39, 0.29) is 11.7 Å². The van der Waals surface area contributed by atoms with E-state index in [1.165, 1.54) is 17.3 Å². The predicted octanol–water partition coefficient (Wildman–Crippen LogP) is 4.17. The van der Waals surface area contributed by atoms with Crippen molar-refractivity contribution in [3.63, 3.8) is 0 Å². The van der Waals surface area contributed by atoms with Gasteiger partial charge in [-0.15, -0.1) is 10.2 Å². The number of carbonyl (C=O) groups excluding carboxylic acids is 1. The van der Waals surface area contributed by atoms with Crippen LogP contribution in [0.4, 0.5) is 5.69 Å². The summed E-state index contributed by atoms with van der Waals surface area (Å²) in [6, 6.07) is 15.2. The summed E-state index contributed by atoms with van der Waals surface area (Å²) in [6.07, 6.45) is 0. The van der Waals surface area contributed by atoms with Gasteiger partial charge in [0.2, 0.25) is 5.91 Å². The highest BCUT2D eigenvalue weighted by Crippen LogP contribution is 2.23. The van der Waals surface area contributed by atoms with Gasteiger partial charge in [0.1, 0.15) is 0 Å². The topological polar surface area (TPSA) is 59.8 Å². The molecule has 0 saturated carbocycles. The van der Waals surface area contributed by atoms with E-state index in [0.717, 1.165) is 11.4 Å². The van der Waals surface area contributed by atoms with Gasteiger partial charge in [-0.3, -0.25) is 4.79 Å². The monoisotopic (exact) mass is 372 g/mol. The van der Waals surface area contributed by atoms with Gasteiger partial charge in [0.15, 0.2) is 11.0 Å². The maximum atomic E-state index is 12.1. The highest BCUT2D eigenvalue weighted by atomic mass is 35.5. The zero-order chi connectivity index (χ0) is 17.8. The van der Waals surface area contributed by atoms with E-state index in [1.807, 2.05) is 42.8 Å². The first-order valence-electron chi connectivity index (χ1n) is 7.67. The fourth-order valence-corrected chi connectivity index (χ4v) is 3.19. The summed E-state index contributed by atoms with van der Waals surface area (Å²) in [7, 11) is 1.90. The molecule has 0 spiro atoms. The van der Waals surface area contributed by atoms with E-state index in [9.17, 15) is 4.79 Å². The lowest BCUT2D eigenvalue weighted by Crippen LogP contribution is -2.14. The van der Waals surface area contributed by atoms with E-state index in [4.69, 9.17) is 11.6 Å². The van der Waals surface area contributed by atoms with Crippen LogP contribution >= 0.6 is 23.4 Å². The number of rotatable bonds is 5. The van der Waals surface area contributed by atoms with E-state index < -0.39 is 0 Å². The number of amides is 1. The summed E-state index contributed by atoms with van der Waals surface area (Å²) in [5.74, 6) is 0.900. The van der Waals surface area contributed by atoms with Gasteiger partial charge < -0.3 is 9.88 Å². The number of anilines is 1. The largest absolute Gasteiger partial charge is 0.325 e. The van der Waals surface area contributed by atoms with Crippen LogP contribution in [0.3, 0.4) is 0 Å². The molecule has 128 valence electrons. The highest BCUT2D eigenvalue weighted by Gasteiger charge is 2.13. The molecule has 1 amide bonds. The van der Waals surface area contributed by atoms with Crippen molar-refractivity contribution in [2.24, 2.45) is 7.05 Å². The first-order valence-corrected chi connectivity index (χ1v) is 9.04. The van der Waals surface area contributed by atoms with Gasteiger partial charge in [-0.1, -0.05) is 59.3 Å². The number of hydrogen-bond acceptors (Lipinski definition) is 4. The Morgan fingerprint density at radius 3 is 2.68 bits per heavy atom. The minimum Gasteiger partial charge on any atom is -0.325 e. The van der Waals surface area contributed by atoms with Crippen molar-refractivity contribution < 1.29 is 4.79 Å². The van der Waals surface area contributed by atoms with Gasteiger partial charge in [-0.2, -0.15) is 0 Å². The van der Waals surface area contributed by atoms with Gasteiger partial charge in [0.05, 0.1) is 5.75 Å². The second kappa shape index (κ2) is 7.72. The van der Waals surface area contributed by atoms with Gasteiger partial charge in [0, 0.05) is 23.3 Å². The van der Waals surface area contributed by atoms with Crippen LogP contribution < -0.4 is 5.32 Å². The van der Waals surface area contributed by atoms with Gasteiger partial charge in [-0.25, -0.2) is 0 Å². The minimum absolute atomic E-state index is 0.118. The number of nitrogens with zero attached hydrogens (tertiary/aromatic N) is 3. The Morgan fingerprint density at radius 1 is 1.20 bits per heavy atom. The van der Waals surface area contributed by atoms with Gasteiger partial charge in [-0.05, 0) is 25.1 Å². The quantitative estimate of drug-likeness (QED) is 0.683. The number of aromatic nitrogens is 3. The summed E-state index contributed by atoms with van der Waals surface area (Å²) >= 11 is 7.26. The number of carbonyl (C=O) groups is 1. The molecular formula is C18H17ClN4OS. The molecule has 7 heteroatoms. The average Bonchev–Trinajstić information content (AvgIpc) is 2.94. The maximum Gasteiger partial charge on any atom is 0.234 e. The zero-order valence-corrected chi connectivity index (χ0v) is 15.4. The second-order valence-corrected chi connectivity index (χ2v) is 6.96. The molecule has 0 aliphatic carbocycles. The molecular weight excluding hydrogens is 356 g/mol. The van der Waals surface area contributed by atoms with E-state index >= 15 is 0 Å². The lowest BCUT2D eigenvalue weighted by Gasteiger charge is -2.06.